The number of hydrogen-bond acceptors (Lipinski definition) is 3. The predicted molar refractivity (Wildman–Crippen MR) is 229 cm³/mol. The molecule has 0 aliphatic carbocycles. The van der Waals surface area contributed by atoms with Gasteiger partial charge in [0.1, 0.15) is 19.6 Å². The van der Waals surface area contributed by atoms with Crippen LogP contribution in [-0.2, 0) is 19.6 Å². The van der Waals surface area contributed by atoms with Gasteiger partial charge in [0.05, 0.1) is 0 Å². The molecule has 0 saturated carbocycles. The van der Waals surface area contributed by atoms with Gasteiger partial charge in [0.25, 0.3) is 0 Å². The van der Waals surface area contributed by atoms with Crippen molar-refractivity contribution in [2.24, 2.45) is 0 Å². The number of hydrogen-bond donors (Lipinski definition) is 0. The lowest BCUT2D eigenvalue weighted by molar-refractivity contribution is -0.697. The van der Waals surface area contributed by atoms with E-state index in [1.807, 2.05) is 0 Å². The summed E-state index contributed by atoms with van der Waals surface area (Å²) in [6.45, 7) is 6.49. The average Bonchev–Trinajstić information content (AvgIpc) is 3.98. The monoisotopic (exact) mass is 996 g/mol. The first kappa shape index (κ1) is 49.3. The molecule has 3 atom stereocenters. The third kappa shape index (κ3) is 14.4. The molecule has 0 bridgehead atoms. The lowest BCUT2D eigenvalue weighted by Crippen LogP contribution is -3.00. The van der Waals surface area contributed by atoms with E-state index < -0.39 is 0 Å². The van der Waals surface area contributed by atoms with Crippen LogP contribution in [0.5, 0.6) is 0 Å². The van der Waals surface area contributed by atoms with Crippen LogP contribution in [0.25, 0.3) is 0 Å². The van der Waals surface area contributed by atoms with Gasteiger partial charge in [0, 0.05) is 108 Å². The van der Waals surface area contributed by atoms with Gasteiger partial charge in [-0.2, -0.15) is 0 Å². The van der Waals surface area contributed by atoms with Crippen molar-refractivity contribution in [2.45, 2.75) is 115 Å². The zero-order chi connectivity index (χ0) is 39.2. The molecule has 6 nitrogen and oxygen atoms in total. The summed E-state index contributed by atoms with van der Waals surface area (Å²) in [7, 11) is 6.73. The second-order valence-corrected chi connectivity index (χ2v) is 16.6. The van der Waals surface area contributed by atoms with Crippen molar-refractivity contribution in [1.29, 1.82) is 0 Å². The van der Waals surface area contributed by atoms with Crippen molar-refractivity contribution < 1.29 is 64.6 Å². The summed E-state index contributed by atoms with van der Waals surface area (Å²) in [4.78, 5) is 7.43. The van der Waals surface area contributed by atoms with Crippen LogP contribution in [0.4, 0.5) is 0 Å². The summed E-state index contributed by atoms with van der Waals surface area (Å²) in [5, 5.41) is 0. The van der Waals surface area contributed by atoms with Crippen LogP contribution in [0, 0.1) is 35.5 Å². The molecule has 6 heterocycles. The van der Waals surface area contributed by atoms with Crippen molar-refractivity contribution >= 4 is 0 Å². The van der Waals surface area contributed by atoms with Crippen LogP contribution in [0.1, 0.15) is 129 Å². The number of halogens is 3. The highest BCUT2D eigenvalue weighted by Gasteiger charge is 2.26. The minimum Gasteiger partial charge on any atom is -1.00 e. The molecule has 3 saturated heterocycles. The predicted octanol–water partition coefficient (Wildman–Crippen LogP) is -1.64. The van der Waals surface area contributed by atoms with E-state index in [0.717, 1.165) is 74.8 Å². The van der Waals surface area contributed by atoms with Crippen molar-refractivity contribution in [3.8, 4) is 35.5 Å². The fraction of sp³-hybridized carbons (Fsp3) is 0.471. The Kier molecular flexibility index (Phi) is 21.0. The third-order valence-electron chi connectivity index (χ3n) is 12.1. The molecule has 0 spiro atoms. The van der Waals surface area contributed by atoms with Crippen LogP contribution in [0.2, 0.25) is 0 Å². The summed E-state index contributed by atoms with van der Waals surface area (Å²) >= 11 is 0. The summed E-state index contributed by atoms with van der Waals surface area (Å²) < 4.78 is 7.00. The molecule has 4 aromatic rings. The minimum atomic E-state index is 0. The van der Waals surface area contributed by atoms with Crippen molar-refractivity contribution in [3.05, 3.63) is 125 Å². The van der Waals surface area contributed by atoms with Gasteiger partial charge in [-0.1, -0.05) is 35.5 Å². The second-order valence-electron chi connectivity index (χ2n) is 16.6. The van der Waals surface area contributed by atoms with Gasteiger partial charge < -0.3 is 50.9 Å². The Labute approximate surface area is 393 Å². The van der Waals surface area contributed by atoms with Crippen LogP contribution in [0.3, 0.4) is 0 Å². The second kappa shape index (κ2) is 25.6. The number of aromatic nitrogens is 3. The first-order valence-corrected chi connectivity index (χ1v) is 21.7. The smallest absolute Gasteiger partial charge is 0.173 e. The van der Waals surface area contributed by atoms with Gasteiger partial charge in [0.2, 0.25) is 0 Å². The number of rotatable bonds is 12. The number of benzene rings is 1. The topological polar surface area (TPSA) is 21.4 Å². The van der Waals surface area contributed by atoms with E-state index in [4.69, 9.17) is 0 Å². The fourth-order valence-electron chi connectivity index (χ4n) is 9.02. The van der Waals surface area contributed by atoms with E-state index >= 15 is 0 Å². The Morgan fingerprint density at radius 1 is 0.483 bits per heavy atom. The Bertz CT molecular complexity index is 1900. The highest BCUT2D eigenvalue weighted by atomic mass is 79.9. The normalized spacial score (nSPS) is 18.8. The maximum Gasteiger partial charge on any atom is 0.173 e. The Morgan fingerprint density at radius 3 is 1.05 bits per heavy atom. The molecule has 0 radical (unpaired) electrons. The fourth-order valence-corrected chi connectivity index (χ4v) is 9.02. The maximum absolute atomic E-state index is 3.47. The summed E-state index contributed by atoms with van der Waals surface area (Å²) in [5.41, 5.74) is 7.28. The number of nitrogens with zero attached hydrogens (tertiary/aromatic N) is 6. The van der Waals surface area contributed by atoms with Crippen LogP contribution in [0.15, 0.2) is 91.8 Å². The molecule has 3 fully saturated rings. The molecule has 60 heavy (non-hydrogen) atoms. The van der Waals surface area contributed by atoms with E-state index in [0.29, 0.717) is 18.1 Å². The van der Waals surface area contributed by atoms with Crippen LogP contribution in [-0.4, -0.2) is 55.5 Å². The molecule has 318 valence electrons. The zero-order valence-electron chi connectivity index (χ0n) is 35.9. The van der Waals surface area contributed by atoms with Crippen molar-refractivity contribution in [1.82, 2.24) is 14.7 Å². The molecule has 1 aromatic carbocycles. The average molecular weight is 1000 g/mol. The van der Waals surface area contributed by atoms with Gasteiger partial charge >= 0.3 is 0 Å². The molecule has 3 aliphatic rings. The standard InChI is InChI=1S/C51H63N6.3BrH/c1-52-28-16-25-49(52)46-22-13-34-55(40-46)31-10-4-7-19-43-37-44(20-8-5-11-32-56-35-14-23-47(41-56)50-26-17-29-53(50)2)39-45(38-43)21-9-6-12-33-57-36-15-24-48(42-57)51-27-18-30-54(51)3;;;/h13-15,22-24,34-42,49-51H,4-6,10-12,16-18,25-33H2,1-3H3;3*1H/q+3;;;/p-3/t49-,50-,51-;;;/m0.../s1. The third-order valence-corrected chi connectivity index (χ3v) is 12.1. The van der Waals surface area contributed by atoms with Gasteiger partial charge in [-0.3, -0.25) is 14.7 Å². The summed E-state index contributed by atoms with van der Waals surface area (Å²) in [6, 6.07) is 21.5. The van der Waals surface area contributed by atoms with Gasteiger partial charge in [-0.25, -0.2) is 13.7 Å². The highest BCUT2D eigenvalue weighted by molar-refractivity contribution is 5.51. The highest BCUT2D eigenvalue weighted by Crippen LogP contribution is 2.31. The van der Waals surface area contributed by atoms with Gasteiger partial charge in [0.15, 0.2) is 37.2 Å². The lowest BCUT2D eigenvalue weighted by Gasteiger charge is -2.18. The maximum atomic E-state index is 3.47. The Morgan fingerprint density at radius 2 is 0.783 bits per heavy atom. The molecular weight excluding hydrogens is 936 g/mol. The van der Waals surface area contributed by atoms with Crippen LogP contribution >= 0.6 is 0 Å². The van der Waals surface area contributed by atoms with Crippen molar-refractivity contribution in [3.63, 3.8) is 0 Å². The van der Waals surface area contributed by atoms with E-state index in [-0.39, 0.29) is 50.9 Å². The van der Waals surface area contributed by atoms with E-state index in [1.165, 1.54) is 74.8 Å². The Hall–Kier alpha value is -3.33. The van der Waals surface area contributed by atoms with Crippen LogP contribution < -0.4 is 64.6 Å². The Balaban J connectivity index is 0.00000265. The largest absolute Gasteiger partial charge is 1.00 e. The quantitative estimate of drug-likeness (QED) is 0.0968. The number of aryl methyl sites for hydroxylation is 3. The van der Waals surface area contributed by atoms with Gasteiger partial charge in [-0.15, -0.1) is 0 Å². The molecule has 3 aliphatic heterocycles. The van der Waals surface area contributed by atoms with Crippen molar-refractivity contribution in [2.75, 3.05) is 40.8 Å². The summed E-state index contributed by atoms with van der Waals surface area (Å²) in [5.74, 6) is 20.8. The molecule has 7 rings (SSSR count). The molecule has 0 unspecified atom stereocenters. The molecular formula is C51H63Br3N6. The molecule has 0 N–H and O–H groups in total. The first-order chi connectivity index (χ1) is 28.0. The lowest BCUT2D eigenvalue weighted by atomic mass is 10.1. The number of likely N-dealkylation sites (tertiary alicyclic amines) is 3. The number of unbranched alkanes of at least 4 members (excludes halogenated alkanes) is 3. The molecule has 9 heteroatoms. The molecule has 0 amide bonds. The molecule has 3 aromatic heterocycles. The SMILES string of the molecule is CN1CCC[C@H]1c1ccc[n+](CCCC#Cc2cc(C#CCCC[n+]3cccc([C@@H]4CCCN4C)c3)cc(C#CCCC[n+]3cccc([C@@H]4CCCN4C)c3)c2)c1.[Br-].[Br-].[Br-]. The van der Waals surface area contributed by atoms with Gasteiger partial charge in [-0.05, 0) is 116 Å². The van der Waals surface area contributed by atoms with E-state index in [1.54, 1.807) is 0 Å². The van der Waals surface area contributed by atoms with E-state index in [9.17, 15) is 0 Å². The number of pyridine rings is 3. The minimum absolute atomic E-state index is 0. The first-order valence-electron chi connectivity index (χ1n) is 21.7. The zero-order valence-corrected chi connectivity index (χ0v) is 40.7. The van der Waals surface area contributed by atoms with E-state index in [2.05, 4.69) is 177 Å². The summed E-state index contributed by atoms with van der Waals surface area (Å²) in [6.07, 6.45) is 26.8.